The van der Waals surface area contributed by atoms with Crippen LogP contribution >= 0.6 is 28.3 Å². The summed E-state index contributed by atoms with van der Waals surface area (Å²) in [4.78, 5) is 14.8. The van der Waals surface area contributed by atoms with E-state index in [1.54, 1.807) is 0 Å². The van der Waals surface area contributed by atoms with Gasteiger partial charge in [0.1, 0.15) is 11.9 Å². The van der Waals surface area contributed by atoms with E-state index in [4.69, 9.17) is 9.47 Å². The molecule has 0 aromatic heterocycles. The third-order valence-electron chi connectivity index (χ3n) is 4.14. The van der Waals surface area contributed by atoms with Gasteiger partial charge < -0.3 is 19.7 Å². The highest BCUT2D eigenvalue weighted by molar-refractivity contribution is 9.10. The molecule has 1 aliphatic heterocycles. The minimum atomic E-state index is -0.368. The molecule has 5 nitrogen and oxygen atoms in total. The zero-order valence-corrected chi connectivity index (χ0v) is 16.2. The number of carbonyl (C=O) groups is 1. The topological polar surface area (TPSA) is 50.8 Å². The van der Waals surface area contributed by atoms with Crippen molar-refractivity contribution >= 4 is 34.2 Å². The van der Waals surface area contributed by atoms with Crippen LogP contribution in [0, 0.1) is 0 Å². The molecule has 24 heavy (non-hydrogen) atoms. The predicted molar refractivity (Wildman–Crippen MR) is 98.7 cm³/mol. The second-order valence-electron chi connectivity index (χ2n) is 5.95. The normalized spacial score (nSPS) is 20.2. The van der Waals surface area contributed by atoms with Gasteiger partial charge in [-0.05, 0) is 38.0 Å². The summed E-state index contributed by atoms with van der Waals surface area (Å²) in [6.45, 7) is 5.15. The second kappa shape index (κ2) is 9.04. The molecule has 3 rings (SSSR count). The standard InChI is InChI=1S/C17H23BrN2O3.ClH/c1-2-22-15-6-3-13(18)9-12(15)11-20(14-4-5-14)17(21)16-10-19-7-8-23-16;/h3,6,9,14,16,19H,2,4-5,7-8,10-11H2,1H3;1H. The molecule has 7 heteroatoms. The maximum absolute atomic E-state index is 12.8. The van der Waals surface area contributed by atoms with Crippen LogP contribution in [0.4, 0.5) is 0 Å². The summed E-state index contributed by atoms with van der Waals surface area (Å²) in [7, 11) is 0. The molecule has 1 amide bonds. The summed E-state index contributed by atoms with van der Waals surface area (Å²) in [6, 6.07) is 6.29. The van der Waals surface area contributed by atoms with Crippen LogP contribution in [0.5, 0.6) is 5.75 Å². The van der Waals surface area contributed by atoms with Gasteiger partial charge in [0.15, 0.2) is 0 Å². The van der Waals surface area contributed by atoms with E-state index in [1.807, 2.05) is 30.0 Å². The van der Waals surface area contributed by atoms with Gasteiger partial charge >= 0.3 is 0 Å². The zero-order chi connectivity index (χ0) is 16.2. The Hall–Kier alpha value is -0.820. The van der Waals surface area contributed by atoms with Crippen molar-refractivity contribution in [3.05, 3.63) is 28.2 Å². The highest BCUT2D eigenvalue weighted by Gasteiger charge is 2.37. The van der Waals surface area contributed by atoms with Crippen molar-refractivity contribution in [3.8, 4) is 5.75 Å². The van der Waals surface area contributed by atoms with Gasteiger partial charge in [0.05, 0.1) is 13.2 Å². The Kier molecular flexibility index (Phi) is 7.34. The highest BCUT2D eigenvalue weighted by Crippen LogP contribution is 2.32. The third-order valence-corrected chi connectivity index (χ3v) is 4.63. The van der Waals surface area contributed by atoms with E-state index in [0.717, 1.165) is 35.2 Å². The number of benzene rings is 1. The summed E-state index contributed by atoms with van der Waals surface area (Å²) < 4.78 is 12.4. The maximum Gasteiger partial charge on any atom is 0.253 e. The molecule has 1 N–H and O–H groups in total. The lowest BCUT2D eigenvalue weighted by Crippen LogP contribution is -2.49. The monoisotopic (exact) mass is 418 g/mol. The van der Waals surface area contributed by atoms with Gasteiger partial charge in [0, 0.05) is 35.7 Å². The first-order chi connectivity index (χ1) is 11.2. The summed E-state index contributed by atoms with van der Waals surface area (Å²) in [5.74, 6) is 0.930. The van der Waals surface area contributed by atoms with E-state index >= 15 is 0 Å². The fourth-order valence-electron chi connectivity index (χ4n) is 2.83. The average Bonchev–Trinajstić information content (AvgIpc) is 3.40. The lowest BCUT2D eigenvalue weighted by Gasteiger charge is -2.30. The molecule has 1 aromatic carbocycles. The van der Waals surface area contributed by atoms with Crippen LogP contribution in [-0.4, -0.2) is 49.3 Å². The predicted octanol–water partition coefficient (Wildman–Crippen LogP) is 2.75. The molecule has 1 unspecified atom stereocenters. The lowest BCUT2D eigenvalue weighted by molar-refractivity contribution is -0.146. The first kappa shape index (κ1) is 19.5. The highest BCUT2D eigenvalue weighted by atomic mass is 79.9. The molecular weight excluding hydrogens is 396 g/mol. The smallest absolute Gasteiger partial charge is 0.253 e. The quantitative estimate of drug-likeness (QED) is 0.770. The number of halogens is 2. The number of nitrogens with zero attached hydrogens (tertiary/aromatic N) is 1. The molecule has 0 radical (unpaired) electrons. The Morgan fingerprint density at radius 2 is 2.25 bits per heavy atom. The number of nitrogens with one attached hydrogen (secondary N) is 1. The van der Waals surface area contributed by atoms with Crippen molar-refractivity contribution in [1.29, 1.82) is 0 Å². The van der Waals surface area contributed by atoms with Crippen LogP contribution in [0.2, 0.25) is 0 Å². The van der Waals surface area contributed by atoms with Crippen molar-refractivity contribution in [3.63, 3.8) is 0 Å². The summed E-state index contributed by atoms with van der Waals surface area (Å²) in [5, 5.41) is 3.23. The molecule has 1 heterocycles. The number of carbonyl (C=O) groups excluding carboxylic acids is 1. The van der Waals surface area contributed by atoms with Crippen molar-refractivity contribution in [1.82, 2.24) is 10.2 Å². The minimum Gasteiger partial charge on any atom is -0.494 e. The van der Waals surface area contributed by atoms with Crippen LogP contribution in [-0.2, 0) is 16.1 Å². The van der Waals surface area contributed by atoms with Gasteiger partial charge in [0.25, 0.3) is 5.91 Å². The number of ether oxygens (including phenoxy) is 2. The van der Waals surface area contributed by atoms with Gasteiger partial charge in [-0.15, -0.1) is 12.4 Å². The molecule has 134 valence electrons. The Bertz CT molecular complexity index is 563. The summed E-state index contributed by atoms with van der Waals surface area (Å²) >= 11 is 3.51. The Labute approximate surface area is 157 Å². The van der Waals surface area contributed by atoms with Gasteiger partial charge in [-0.1, -0.05) is 15.9 Å². The first-order valence-electron chi connectivity index (χ1n) is 8.23. The number of hydrogen-bond acceptors (Lipinski definition) is 4. The largest absolute Gasteiger partial charge is 0.494 e. The molecule has 2 fully saturated rings. The first-order valence-corrected chi connectivity index (χ1v) is 9.02. The van der Waals surface area contributed by atoms with Crippen molar-refractivity contribution in [2.75, 3.05) is 26.3 Å². The van der Waals surface area contributed by atoms with Crippen LogP contribution in [0.15, 0.2) is 22.7 Å². The van der Waals surface area contributed by atoms with Gasteiger partial charge in [-0.2, -0.15) is 0 Å². The Morgan fingerprint density at radius 3 is 2.88 bits per heavy atom. The average molecular weight is 420 g/mol. The van der Waals surface area contributed by atoms with E-state index in [2.05, 4.69) is 21.2 Å². The third kappa shape index (κ3) is 4.85. The van der Waals surface area contributed by atoms with E-state index in [-0.39, 0.29) is 24.4 Å². The molecule has 1 saturated heterocycles. The van der Waals surface area contributed by atoms with E-state index < -0.39 is 0 Å². The fraction of sp³-hybridized carbons (Fsp3) is 0.588. The van der Waals surface area contributed by atoms with E-state index in [0.29, 0.717) is 32.3 Å². The Morgan fingerprint density at radius 1 is 1.46 bits per heavy atom. The minimum absolute atomic E-state index is 0. The molecule has 0 bridgehead atoms. The number of morpholine rings is 1. The lowest BCUT2D eigenvalue weighted by atomic mass is 10.1. The second-order valence-corrected chi connectivity index (χ2v) is 6.86. The van der Waals surface area contributed by atoms with Crippen molar-refractivity contribution < 1.29 is 14.3 Å². The Balaban J connectivity index is 0.00000208. The van der Waals surface area contributed by atoms with Crippen LogP contribution < -0.4 is 10.1 Å². The number of amides is 1. The summed E-state index contributed by atoms with van der Waals surface area (Å²) in [6.07, 6.45) is 1.78. The molecule has 1 aliphatic carbocycles. The fourth-order valence-corrected chi connectivity index (χ4v) is 3.24. The molecular formula is C17H24BrClN2O3. The molecule has 1 atom stereocenters. The number of rotatable bonds is 6. The molecule has 1 aromatic rings. The van der Waals surface area contributed by atoms with Gasteiger partial charge in [0.2, 0.25) is 0 Å². The van der Waals surface area contributed by atoms with Crippen LogP contribution in [0.3, 0.4) is 0 Å². The number of hydrogen-bond donors (Lipinski definition) is 1. The summed E-state index contributed by atoms with van der Waals surface area (Å²) in [5.41, 5.74) is 1.03. The zero-order valence-electron chi connectivity index (χ0n) is 13.8. The van der Waals surface area contributed by atoms with Crippen LogP contribution in [0.1, 0.15) is 25.3 Å². The molecule has 2 aliphatic rings. The van der Waals surface area contributed by atoms with Crippen molar-refractivity contribution in [2.24, 2.45) is 0 Å². The van der Waals surface area contributed by atoms with Gasteiger partial charge in [-0.25, -0.2) is 0 Å². The molecule has 0 spiro atoms. The van der Waals surface area contributed by atoms with E-state index in [1.165, 1.54) is 0 Å². The molecule has 1 saturated carbocycles. The van der Waals surface area contributed by atoms with E-state index in [9.17, 15) is 4.79 Å². The van der Waals surface area contributed by atoms with Gasteiger partial charge in [-0.3, -0.25) is 4.79 Å². The SMILES string of the molecule is CCOc1ccc(Br)cc1CN(C(=O)C1CNCCO1)C1CC1.Cl. The van der Waals surface area contributed by atoms with Crippen LogP contribution in [0.25, 0.3) is 0 Å². The maximum atomic E-state index is 12.8. The van der Waals surface area contributed by atoms with Crippen molar-refractivity contribution in [2.45, 2.75) is 38.5 Å².